The number of hydrazine groups is 1. The molecule has 2 N–H and O–H groups in total. The van der Waals surface area contributed by atoms with Crippen LogP contribution in [-0.2, 0) is 30.1 Å². The Morgan fingerprint density at radius 3 is 1.79 bits per heavy atom. The minimum absolute atomic E-state index is 0.0573. The van der Waals surface area contributed by atoms with Crippen LogP contribution in [0.1, 0.15) is 158 Å². The number of anilines is 1. The van der Waals surface area contributed by atoms with Gasteiger partial charge in [-0.2, -0.15) is 0 Å². The summed E-state index contributed by atoms with van der Waals surface area (Å²) in [4.78, 5) is 54.1. The van der Waals surface area contributed by atoms with Crippen molar-refractivity contribution in [1.82, 2.24) is 52.9 Å². The first kappa shape index (κ1) is 87.1. The molecule has 97 heavy (non-hydrogen) atoms. The highest BCUT2D eigenvalue weighted by atomic mass is 32.1. The highest BCUT2D eigenvalue weighted by Crippen LogP contribution is 2.23. The molecule has 0 atom stereocenters. The summed E-state index contributed by atoms with van der Waals surface area (Å²) < 4.78 is 12.4. The molecular weight excluding hydrogens is 1230 g/mol. The van der Waals surface area contributed by atoms with Gasteiger partial charge in [-0.25, -0.2) is 24.8 Å². The van der Waals surface area contributed by atoms with Crippen LogP contribution in [0.2, 0.25) is 0 Å². The monoisotopic (exact) mass is 1340 g/mol. The number of benzene rings is 4. The molecule has 0 saturated carbocycles. The van der Waals surface area contributed by atoms with Gasteiger partial charge in [0, 0.05) is 97.3 Å². The molecule has 0 radical (unpaired) electrons. The van der Waals surface area contributed by atoms with Crippen LogP contribution >= 0.6 is 11.3 Å². The Balaban J connectivity index is 0.00000106. The van der Waals surface area contributed by atoms with E-state index in [-0.39, 0.29) is 17.5 Å². The lowest BCUT2D eigenvalue weighted by Crippen LogP contribution is -2.44. The number of aryl methyl sites for hydroxylation is 8. The molecule has 8 aromatic heterocycles. The Morgan fingerprint density at radius 2 is 1.16 bits per heavy atom. The average molecular weight is 1340 g/mol. The topological polar surface area (TPSA) is 169 Å². The summed E-state index contributed by atoms with van der Waals surface area (Å²) in [7, 11) is 3.75. The number of carbonyl (C=O) groups excluding carboxylic acids is 2. The molecule has 16 nitrogen and oxygen atoms in total. The van der Waals surface area contributed by atoms with Gasteiger partial charge in [-0.3, -0.25) is 28.5 Å². The maximum Gasteiger partial charge on any atom is 0.326 e. The number of H-pyrrole nitrogens is 1. The van der Waals surface area contributed by atoms with Crippen molar-refractivity contribution >= 4 is 72.4 Å². The van der Waals surface area contributed by atoms with Crippen molar-refractivity contribution in [3.63, 3.8) is 0 Å². The fourth-order valence-corrected chi connectivity index (χ4v) is 9.21. The summed E-state index contributed by atoms with van der Waals surface area (Å²) in [6.07, 6.45) is 25.7. The number of aromatic nitrogens is 9. The molecule has 3 aliphatic rings. The van der Waals surface area contributed by atoms with Gasteiger partial charge < -0.3 is 23.7 Å². The van der Waals surface area contributed by atoms with Gasteiger partial charge in [0.25, 0.3) is 5.91 Å². The van der Waals surface area contributed by atoms with E-state index in [1.54, 1.807) is 46.7 Å². The smallest absolute Gasteiger partial charge is 0.326 e. The Hall–Kier alpha value is -9.87. The Labute approximate surface area is 584 Å². The zero-order chi connectivity index (χ0) is 73.3. The molecule has 2 amide bonds. The van der Waals surface area contributed by atoms with Crippen molar-refractivity contribution in [2.24, 2.45) is 14.1 Å². The van der Waals surface area contributed by atoms with Crippen LogP contribution in [0.15, 0.2) is 222 Å². The number of allylic oxidation sites excluding steroid dienone is 2. The molecule has 15 rings (SSSR count). The van der Waals surface area contributed by atoms with Gasteiger partial charge in [-0.05, 0) is 138 Å². The number of imidazole rings is 4. The lowest BCUT2D eigenvalue weighted by molar-refractivity contribution is -0.135. The van der Waals surface area contributed by atoms with Crippen molar-refractivity contribution in [3.05, 3.63) is 257 Å². The maximum absolute atomic E-state index is 11.5. The zero-order valence-corrected chi connectivity index (χ0v) is 63.6. The molecule has 12 aromatic rings. The molecule has 11 heterocycles. The molecule has 0 spiro atoms. The van der Waals surface area contributed by atoms with E-state index in [9.17, 15) is 14.4 Å². The van der Waals surface area contributed by atoms with E-state index < -0.39 is 0 Å². The number of aromatic amines is 1. The fraction of sp³-hybridized carbons (Fsp3) is 0.338. The van der Waals surface area contributed by atoms with Crippen molar-refractivity contribution < 1.29 is 14.0 Å². The number of furan rings is 1. The second-order valence-corrected chi connectivity index (χ2v) is 20.1. The number of thiazole rings is 1. The maximum atomic E-state index is 11.5. The van der Waals surface area contributed by atoms with Crippen molar-refractivity contribution in [2.45, 2.75) is 165 Å². The quantitative estimate of drug-likeness (QED) is 0.150. The second-order valence-electron chi connectivity index (χ2n) is 19.2. The number of rotatable bonds is 0. The van der Waals surface area contributed by atoms with Gasteiger partial charge in [-0.1, -0.05) is 183 Å². The zero-order valence-electron chi connectivity index (χ0n) is 62.8. The predicted molar refractivity (Wildman–Crippen MR) is 416 cm³/mol. The molecular formula is C80H114N12O4S. The molecule has 524 valence electrons. The summed E-state index contributed by atoms with van der Waals surface area (Å²) >= 11 is 1.66. The highest BCUT2D eigenvalue weighted by Gasteiger charge is 2.23. The van der Waals surface area contributed by atoms with Crippen LogP contribution in [0.3, 0.4) is 0 Å². The number of pyridine rings is 2. The van der Waals surface area contributed by atoms with Crippen molar-refractivity contribution in [2.75, 3.05) is 11.9 Å². The molecule has 0 unspecified atom stereocenters. The third-order valence-electron chi connectivity index (χ3n) is 13.0. The molecule has 4 aromatic carbocycles. The number of nitrogens with zero attached hydrogens (tertiary/aromatic N) is 10. The van der Waals surface area contributed by atoms with Crippen LogP contribution < -0.4 is 11.0 Å². The molecule has 0 fully saturated rings. The van der Waals surface area contributed by atoms with E-state index in [4.69, 9.17) is 4.42 Å². The van der Waals surface area contributed by atoms with E-state index in [0.29, 0.717) is 6.42 Å². The number of hydrogen-bond donors (Lipinski definition) is 2. The van der Waals surface area contributed by atoms with E-state index in [1.807, 2.05) is 313 Å². The third kappa shape index (κ3) is 28.9. The standard InChI is InChI=1S/C10H11NO.C10H9N.C9H10N2O.C8H8N2O.2C8H8N2.C6H6N2S.C5H6O.8C2H6/c1-7-2-4-9-8(6-7)3-5-10(12)11-9;1-8-4-5-10-9(7-8)3-2-6-11-10;1-8-4-7-10-5-2-3-6-11(10)9(8)12;1-10-7-5-3-2-4-6(7)9-8(10)11;1-10-6-9-7-4-2-3-5-8(7)10;1-7-6-9-8-4-2-3-5-10(7)8;1-5-4-7-6-8(5)2-3-9-6;1-5-2-3-6-4-5;8*1-2/h2,4,6H,3,5H2,1H3,(H,11,12);2-7H,1H3;2-6H,7H2,1H3;2-5H,1H3,(H,9,11);2*2-6H,1H3;2-4H,1H3;2-4H,1H3;8*1-2H3. The SMILES string of the molecule is CC.CC.CC.CC.CC.CC.CC.CC.CC1=CCN2C=CC=CN2C1=O.Cc1ccc2c(c1)CCC(=O)N2.Cc1ccc2ncccc2c1.Cc1ccoc1.Cc1cnc2ccccn12.Cc1cnc2sccn12.Cn1c(=O)[nH]c2ccccc21.Cn1cnc2ccccc21. The van der Waals surface area contributed by atoms with Gasteiger partial charge in [0.15, 0.2) is 4.96 Å². The lowest BCUT2D eigenvalue weighted by Gasteiger charge is -2.35. The Kier molecular flexibility index (Phi) is 46.2. The summed E-state index contributed by atoms with van der Waals surface area (Å²) in [5.41, 5.74) is 15.2. The number of nitrogens with one attached hydrogen (secondary N) is 2. The first-order chi connectivity index (χ1) is 47.2. The Morgan fingerprint density at radius 1 is 0.546 bits per heavy atom. The van der Waals surface area contributed by atoms with Gasteiger partial charge in [-0.15, -0.1) is 11.3 Å². The third-order valence-corrected chi connectivity index (χ3v) is 13.7. The molecule has 0 saturated heterocycles. The van der Waals surface area contributed by atoms with Crippen molar-refractivity contribution in [1.29, 1.82) is 0 Å². The molecule has 0 aliphatic carbocycles. The normalized spacial score (nSPS) is 11.1. The first-order valence-electron chi connectivity index (χ1n) is 34.3. The predicted octanol–water partition coefficient (Wildman–Crippen LogP) is 21.0. The van der Waals surface area contributed by atoms with Gasteiger partial charge in [0.2, 0.25) is 5.91 Å². The minimum atomic E-state index is -0.0637. The van der Waals surface area contributed by atoms with Crippen LogP contribution in [0.25, 0.3) is 43.6 Å². The number of fused-ring (bicyclic) bond motifs is 7. The van der Waals surface area contributed by atoms with Crippen LogP contribution in [0.4, 0.5) is 5.69 Å². The molecule has 17 heteroatoms. The number of hydrogen-bond acceptors (Lipinski definition) is 10. The van der Waals surface area contributed by atoms with E-state index in [1.165, 1.54) is 44.5 Å². The highest BCUT2D eigenvalue weighted by molar-refractivity contribution is 7.15. The largest absolute Gasteiger partial charge is 0.472 e. The van der Waals surface area contributed by atoms with Crippen LogP contribution in [-0.4, -0.2) is 71.2 Å². The summed E-state index contributed by atoms with van der Waals surface area (Å²) in [5, 5.41) is 9.59. The average Bonchev–Trinajstić information content (AvgIpc) is 1.78. The van der Waals surface area contributed by atoms with Crippen LogP contribution in [0.5, 0.6) is 0 Å². The number of carbonyl (C=O) groups is 2. The fourth-order valence-electron chi connectivity index (χ4n) is 8.48. The second kappa shape index (κ2) is 51.5. The van der Waals surface area contributed by atoms with Gasteiger partial charge in [0.05, 0.1) is 53.0 Å². The first-order valence-corrected chi connectivity index (χ1v) is 35.2. The van der Waals surface area contributed by atoms with E-state index >= 15 is 0 Å². The summed E-state index contributed by atoms with van der Waals surface area (Å²) in [5.74, 6) is 0.188. The van der Waals surface area contributed by atoms with Gasteiger partial charge >= 0.3 is 5.69 Å². The van der Waals surface area contributed by atoms with E-state index in [0.717, 1.165) is 56.9 Å². The lowest BCUT2D eigenvalue weighted by atomic mass is 10.0. The Bertz CT molecular complexity index is 4100. The minimum Gasteiger partial charge on any atom is -0.472 e. The van der Waals surface area contributed by atoms with Gasteiger partial charge in [0.1, 0.15) is 5.65 Å². The number of amides is 2. The summed E-state index contributed by atoms with van der Waals surface area (Å²) in [6, 6.07) is 40.0. The van der Waals surface area contributed by atoms with E-state index in [2.05, 4.69) is 83.2 Å². The van der Waals surface area contributed by atoms with Crippen LogP contribution in [0, 0.1) is 34.6 Å². The van der Waals surface area contributed by atoms with Crippen molar-refractivity contribution in [3.8, 4) is 0 Å². The molecule has 0 bridgehead atoms. The summed E-state index contributed by atoms with van der Waals surface area (Å²) in [6.45, 7) is 44.9. The molecule has 3 aliphatic heterocycles. The number of para-hydroxylation sites is 4.